The summed E-state index contributed by atoms with van der Waals surface area (Å²) in [7, 11) is 0. The Bertz CT molecular complexity index is 624. The highest BCUT2D eigenvalue weighted by Gasteiger charge is 2.13. The van der Waals surface area contributed by atoms with Crippen LogP contribution in [0.4, 0.5) is 10.1 Å². The topological polar surface area (TPSA) is 43.1 Å². The molecular weight excluding hydrogens is 265 g/mol. The number of hydrogen-bond acceptors (Lipinski definition) is 2. The second-order valence-corrected chi connectivity index (χ2v) is 4.96. The van der Waals surface area contributed by atoms with E-state index in [1.807, 2.05) is 0 Å². The summed E-state index contributed by atoms with van der Waals surface area (Å²) in [6.07, 6.45) is 0. The number of nitrogen functional groups attached to an aromatic ring is 1. The zero-order valence-electron chi connectivity index (χ0n) is 10.6. The van der Waals surface area contributed by atoms with E-state index in [1.165, 1.54) is 12.1 Å². The second kappa shape index (κ2) is 5.02. The first kappa shape index (κ1) is 13.6. The van der Waals surface area contributed by atoms with Crippen molar-refractivity contribution in [2.75, 3.05) is 5.73 Å². The van der Waals surface area contributed by atoms with Crippen molar-refractivity contribution in [3.8, 4) is 0 Å². The fourth-order valence-corrected chi connectivity index (χ4v) is 2.23. The lowest BCUT2D eigenvalue weighted by molar-refractivity contribution is 0.103. The van der Waals surface area contributed by atoms with Crippen molar-refractivity contribution >= 4 is 23.1 Å². The molecule has 0 spiro atoms. The van der Waals surface area contributed by atoms with Crippen LogP contribution in [0.1, 0.15) is 27.0 Å². The van der Waals surface area contributed by atoms with Crippen LogP contribution < -0.4 is 5.73 Å². The molecule has 2 nitrogen and oxygen atoms in total. The van der Waals surface area contributed by atoms with Crippen molar-refractivity contribution in [2.45, 2.75) is 13.8 Å². The smallest absolute Gasteiger partial charge is 0.193 e. The van der Waals surface area contributed by atoms with Gasteiger partial charge in [-0.2, -0.15) is 0 Å². The predicted molar refractivity (Wildman–Crippen MR) is 75.2 cm³/mol. The first-order chi connectivity index (χ1) is 8.88. The van der Waals surface area contributed by atoms with E-state index in [4.69, 9.17) is 17.3 Å². The van der Waals surface area contributed by atoms with E-state index in [9.17, 15) is 9.18 Å². The molecule has 0 radical (unpaired) electrons. The van der Waals surface area contributed by atoms with E-state index in [-0.39, 0.29) is 11.6 Å². The fourth-order valence-electron chi connectivity index (χ4n) is 1.99. The van der Waals surface area contributed by atoms with Gasteiger partial charge in [-0.1, -0.05) is 11.6 Å². The van der Waals surface area contributed by atoms with Gasteiger partial charge < -0.3 is 5.73 Å². The number of carbonyl (C=O) groups is 1. The lowest BCUT2D eigenvalue weighted by atomic mass is 9.98. The molecule has 19 heavy (non-hydrogen) atoms. The molecule has 0 unspecified atom stereocenters. The van der Waals surface area contributed by atoms with Gasteiger partial charge >= 0.3 is 0 Å². The number of hydrogen-bond donors (Lipinski definition) is 1. The number of carbonyl (C=O) groups excluding carboxylic acids is 1. The highest BCUT2D eigenvalue weighted by Crippen LogP contribution is 2.21. The third kappa shape index (κ3) is 2.76. The summed E-state index contributed by atoms with van der Waals surface area (Å²) in [6, 6.07) is 7.74. The number of rotatable bonds is 2. The van der Waals surface area contributed by atoms with Crippen molar-refractivity contribution in [3.05, 3.63) is 63.4 Å². The number of nitrogens with two attached hydrogens (primary N) is 1. The molecule has 0 aliphatic carbocycles. The van der Waals surface area contributed by atoms with Crippen LogP contribution in [0.2, 0.25) is 5.02 Å². The molecule has 0 saturated carbocycles. The highest BCUT2D eigenvalue weighted by molar-refractivity contribution is 6.31. The minimum absolute atomic E-state index is 0.222. The fraction of sp³-hybridized carbons (Fsp3) is 0.133. The van der Waals surface area contributed by atoms with Gasteiger partial charge in [-0.15, -0.1) is 0 Å². The van der Waals surface area contributed by atoms with Crippen LogP contribution in [-0.2, 0) is 0 Å². The first-order valence-electron chi connectivity index (χ1n) is 5.76. The lowest BCUT2D eigenvalue weighted by Crippen LogP contribution is -2.04. The zero-order valence-corrected chi connectivity index (χ0v) is 11.4. The molecule has 0 atom stereocenters. The summed E-state index contributed by atoms with van der Waals surface area (Å²) >= 11 is 5.88. The average Bonchev–Trinajstić information content (AvgIpc) is 2.33. The average molecular weight is 278 g/mol. The molecule has 0 aliphatic heterocycles. The van der Waals surface area contributed by atoms with Crippen LogP contribution in [-0.4, -0.2) is 5.78 Å². The molecule has 2 aromatic carbocycles. The van der Waals surface area contributed by atoms with Crippen molar-refractivity contribution in [3.63, 3.8) is 0 Å². The molecule has 0 amide bonds. The van der Waals surface area contributed by atoms with Gasteiger partial charge in [0, 0.05) is 21.8 Å². The minimum atomic E-state index is -0.290. The van der Waals surface area contributed by atoms with Crippen molar-refractivity contribution < 1.29 is 9.18 Å². The number of benzene rings is 2. The van der Waals surface area contributed by atoms with Crippen molar-refractivity contribution in [1.82, 2.24) is 0 Å². The van der Waals surface area contributed by atoms with Gasteiger partial charge in [-0.25, -0.2) is 4.39 Å². The molecule has 98 valence electrons. The minimum Gasteiger partial charge on any atom is -0.399 e. The van der Waals surface area contributed by atoms with Gasteiger partial charge in [0.1, 0.15) is 5.82 Å². The molecule has 0 bridgehead atoms. The van der Waals surface area contributed by atoms with E-state index in [1.54, 1.807) is 32.0 Å². The van der Waals surface area contributed by atoms with Crippen LogP contribution in [0.5, 0.6) is 0 Å². The molecule has 0 fully saturated rings. The summed E-state index contributed by atoms with van der Waals surface area (Å²) in [5.41, 5.74) is 7.80. The molecule has 2 aromatic rings. The van der Waals surface area contributed by atoms with Crippen LogP contribution in [0.15, 0.2) is 30.3 Å². The predicted octanol–water partition coefficient (Wildman–Crippen LogP) is 3.91. The maximum Gasteiger partial charge on any atom is 0.193 e. The van der Waals surface area contributed by atoms with Crippen LogP contribution in [0.25, 0.3) is 0 Å². The Hall–Kier alpha value is -1.87. The Morgan fingerprint density at radius 1 is 1.05 bits per heavy atom. The summed E-state index contributed by atoms with van der Waals surface area (Å²) < 4.78 is 13.6. The normalized spacial score (nSPS) is 10.5. The third-order valence-corrected chi connectivity index (χ3v) is 3.10. The Labute approximate surface area is 116 Å². The van der Waals surface area contributed by atoms with Gasteiger partial charge in [0.15, 0.2) is 5.78 Å². The quantitative estimate of drug-likeness (QED) is 0.668. The molecule has 0 saturated heterocycles. The van der Waals surface area contributed by atoms with Gasteiger partial charge in [-0.05, 0) is 55.3 Å². The molecule has 0 heterocycles. The molecule has 2 N–H and O–H groups in total. The van der Waals surface area contributed by atoms with E-state index in [2.05, 4.69) is 0 Å². The number of ketones is 1. The SMILES string of the molecule is Cc1cc(C(=O)c2cc(N)cc(Cl)c2)cc(C)c1F. The second-order valence-electron chi connectivity index (χ2n) is 4.53. The largest absolute Gasteiger partial charge is 0.399 e. The maximum absolute atomic E-state index is 13.6. The number of anilines is 1. The Balaban J connectivity index is 2.50. The monoisotopic (exact) mass is 277 g/mol. The zero-order chi connectivity index (χ0) is 14.2. The Morgan fingerprint density at radius 3 is 2.11 bits per heavy atom. The number of halogens is 2. The van der Waals surface area contributed by atoms with Crippen molar-refractivity contribution in [1.29, 1.82) is 0 Å². The van der Waals surface area contributed by atoms with Crippen LogP contribution >= 0.6 is 11.6 Å². The third-order valence-electron chi connectivity index (χ3n) is 2.88. The van der Waals surface area contributed by atoms with Gasteiger partial charge in [-0.3, -0.25) is 4.79 Å². The standard InChI is InChI=1S/C15H13ClFNO/c1-8-3-10(4-9(2)14(8)17)15(19)11-5-12(16)7-13(18)6-11/h3-7H,18H2,1-2H3. The van der Waals surface area contributed by atoms with Gasteiger partial charge in [0.25, 0.3) is 0 Å². The molecule has 2 rings (SSSR count). The number of aryl methyl sites for hydroxylation is 2. The van der Waals surface area contributed by atoms with Crippen molar-refractivity contribution in [2.24, 2.45) is 0 Å². The van der Waals surface area contributed by atoms with E-state index < -0.39 is 0 Å². The molecule has 4 heteroatoms. The Kier molecular flexibility index (Phi) is 3.58. The van der Waals surface area contributed by atoms with Gasteiger partial charge in [0.05, 0.1) is 0 Å². The first-order valence-corrected chi connectivity index (χ1v) is 6.14. The summed E-state index contributed by atoms with van der Waals surface area (Å²) in [4.78, 5) is 12.3. The Morgan fingerprint density at radius 2 is 1.58 bits per heavy atom. The van der Waals surface area contributed by atoms with E-state index in [0.29, 0.717) is 33.0 Å². The molecule has 0 aliphatic rings. The molecular formula is C15H13ClFNO. The van der Waals surface area contributed by atoms with Crippen LogP contribution in [0, 0.1) is 19.7 Å². The van der Waals surface area contributed by atoms with E-state index in [0.717, 1.165) is 0 Å². The lowest BCUT2D eigenvalue weighted by Gasteiger charge is -2.07. The van der Waals surface area contributed by atoms with Crippen LogP contribution in [0.3, 0.4) is 0 Å². The van der Waals surface area contributed by atoms with E-state index >= 15 is 0 Å². The molecule has 0 aromatic heterocycles. The maximum atomic E-state index is 13.6. The van der Waals surface area contributed by atoms with Gasteiger partial charge in [0.2, 0.25) is 0 Å². The summed E-state index contributed by atoms with van der Waals surface area (Å²) in [6.45, 7) is 3.26. The summed E-state index contributed by atoms with van der Waals surface area (Å²) in [5, 5.41) is 0.402. The highest BCUT2D eigenvalue weighted by atomic mass is 35.5. The summed E-state index contributed by atoms with van der Waals surface area (Å²) in [5.74, 6) is -0.512.